The van der Waals surface area contributed by atoms with Crippen molar-refractivity contribution in [2.45, 2.75) is 32.2 Å². The third-order valence-corrected chi connectivity index (χ3v) is 3.10. The van der Waals surface area contributed by atoms with Crippen LogP contribution < -0.4 is 5.32 Å². The summed E-state index contributed by atoms with van der Waals surface area (Å²) in [5, 5.41) is 11.5. The minimum Gasteiger partial charge on any atom is -0.394 e. The van der Waals surface area contributed by atoms with Crippen LogP contribution in [0.4, 0.5) is 4.79 Å². The van der Waals surface area contributed by atoms with E-state index in [9.17, 15) is 4.79 Å². The maximum Gasteiger partial charge on any atom is 0.327 e. The second kappa shape index (κ2) is 5.46. The van der Waals surface area contributed by atoms with Crippen LogP contribution in [0.2, 0.25) is 0 Å². The number of rotatable bonds is 3. The number of aliphatic hydroxyl groups is 1. The lowest BCUT2D eigenvalue weighted by atomic mass is 10.1. The predicted molar refractivity (Wildman–Crippen MR) is 58.1 cm³/mol. The summed E-state index contributed by atoms with van der Waals surface area (Å²) in [7, 11) is 0. The lowest BCUT2D eigenvalue weighted by Gasteiger charge is -2.21. The van der Waals surface area contributed by atoms with Crippen LogP contribution in [0.1, 0.15) is 26.2 Å². The second-order valence-electron chi connectivity index (χ2n) is 3.81. The van der Waals surface area contributed by atoms with E-state index in [1.807, 2.05) is 0 Å². The van der Waals surface area contributed by atoms with Gasteiger partial charge in [0.2, 0.25) is 0 Å². The Balaban J connectivity index is 2.32. The molecule has 14 heavy (non-hydrogen) atoms. The molecule has 1 saturated carbocycles. The Morgan fingerprint density at radius 1 is 1.64 bits per heavy atom. The van der Waals surface area contributed by atoms with Crippen LogP contribution in [0.5, 0.6) is 0 Å². The van der Waals surface area contributed by atoms with Gasteiger partial charge in [-0.3, -0.25) is 4.31 Å². The summed E-state index contributed by atoms with van der Waals surface area (Å²) >= 11 is 3.97. The van der Waals surface area contributed by atoms with E-state index < -0.39 is 0 Å². The van der Waals surface area contributed by atoms with Crippen molar-refractivity contribution >= 4 is 18.8 Å². The molecule has 0 heterocycles. The average molecular weight is 218 g/mol. The number of hydrogen-bond acceptors (Lipinski definition) is 3. The summed E-state index contributed by atoms with van der Waals surface area (Å²) < 4.78 is 1.21. The maximum absolute atomic E-state index is 11.5. The molecule has 2 atom stereocenters. The van der Waals surface area contributed by atoms with Gasteiger partial charge >= 0.3 is 6.03 Å². The number of nitrogens with zero attached hydrogens (tertiary/aromatic N) is 1. The third kappa shape index (κ3) is 3.06. The molecule has 1 fully saturated rings. The van der Waals surface area contributed by atoms with E-state index in [2.05, 4.69) is 25.1 Å². The summed E-state index contributed by atoms with van der Waals surface area (Å²) in [4.78, 5) is 11.5. The van der Waals surface area contributed by atoms with E-state index in [-0.39, 0.29) is 25.2 Å². The van der Waals surface area contributed by atoms with Crippen LogP contribution >= 0.6 is 12.8 Å². The molecule has 0 aliphatic heterocycles. The molecule has 2 N–H and O–H groups in total. The highest BCUT2D eigenvalue weighted by atomic mass is 32.1. The molecule has 0 spiro atoms. The molecule has 82 valence electrons. The number of nitrogens with one attached hydrogen (secondary N) is 1. The van der Waals surface area contributed by atoms with Gasteiger partial charge in [0, 0.05) is 6.04 Å². The van der Waals surface area contributed by atoms with Crippen molar-refractivity contribution < 1.29 is 9.90 Å². The lowest BCUT2D eigenvalue weighted by molar-refractivity contribution is 0.208. The largest absolute Gasteiger partial charge is 0.394 e. The predicted octanol–water partition coefficient (Wildman–Crippen LogP) is 1.02. The normalized spacial score (nSPS) is 26.2. The topological polar surface area (TPSA) is 52.6 Å². The van der Waals surface area contributed by atoms with Gasteiger partial charge in [0.25, 0.3) is 0 Å². The van der Waals surface area contributed by atoms with Crippen LogP contribution in [0.3, 0.4) is 0 Å². The molecule has 4 nitrogen and oxygen atoms in total. The summed E-state index contributed by atoms with van der Waals surface area (Å²) in [6, 6.07) is 0.0666. The van der Waals surface area contributed by atoms with E-state index in [1.165, 1.54) is 17.1 Å². The van der Waals surface area contributed by atoms with Gasteiger partial charge in [0.1, 0.15) is 0 Å². The van der Waals surface area contributed by atoms with Crippen molar-refractivity contribution in [2.24, 2.45) is 5.92 Å². The fraction of sp³-hybridized carbons (Fsp3) is 0.889. The molecule has 1 aliphatic rings. The monoisotopic (exact) mass is 218 g/mol. The standard InChI is InChI=1S/C9H18N2O2S/c1-7-3-2-4-8(7)10-9(13)11(14)5-6-12/h7-8,12,14H,2-6H2,1H3,(H,10,13). The fourth-order valence-electron chi connectivity index (χ4n) is 1.79. The quantitative estimate of drug-likeness (QED) is 0.620. The van der Waals surface area contributed by atoms with Gasteiger partial charge in [-0.15, -0.1) is 0 Å². The van der Waals surface area contributed by atoms with Gasteiger partial charge < -0.3 is 10.4 Å². The molecular formula is C9H18N2O2S. The zero-order valence-corrected chi connectivity index (χ0v) is 9.33. The Bertz CT molecular complexity index is 201. The zero-order chi connectivity index (χ0) is 10.6. The summed E-state index contributed by atoms with van der Waals surface area (Å²) in [5.41, 5.74) is 0. The molecule has 2 amide bonds. The summed E-state index contributed by atoms with van der Waals surface area (Å²) in [5.74, 6) is 0.551. The van der Waals surface area contributed by atoms with Crippen LogP contribution in [-0.2, 0) is 0 Å². The number of amides is 2. The molecule has 1 rings (SSSR count). The first kappa shape index (κ1) is 11.7. The van der Waals surface area contributed by atoms with Crippen LogP contribution in [-0.4, -0.2) is 34.6 Å². The Morgan fingerprint density at radius 3 is 2.86 bits per heavy atom. The molecule has 5 heteroatoms. The molecule has 0 aromatic rings. The smallest absolute Gasteiger partial charge is 0.327 e. The number of thiol groups is 1. The van der Waals surface area contributed by atoms with Gasteiger partial charge in [-0.05, 0) is 18.8 Å². The lowest BCUT2D eigenvalue weighted by Crippen LogP contribution is -2.42. The fourth-order valence-corrected chi connectivity index (χ4v) is 1.94. The molecular weight excluding hydrogens is 200 g/mol. The zero-order valence-electron chi connectivity index (χ0n) is 8.44. The van der Waals surface area contributed by atoms with Gasteiger partial charge in [-0.1, -0.05) is 26.2 Å². The van der Waals surface area contributed by atoms with Crippen LogP contribution in [0, 0.1) is 5.92 Å². The number of urea groups is 1. The Morgan fingerprint density at radius 2 is 2.36 bits per heavy atom. The van der Waals surface area contributed by atoms with Crippen molar-refractivity contribution in [2.75, 3.05) is 13.2 Å². The van der Waals surface area contributed by atoms with E-state index in [0.29, 0.717) is 5.92 Å². The van der Waals surface area contributed by atoms with E-state index in [4.69, 9.17) is 5.11 Å². The van der Waals surface area contributed by atoms with E-state index in [1.54, 1.807) is 0 Å². The van der Waals surface area contributed by atoms with Crippen LogP contribution in [0.25, 0.3) is 0 Å². The highest BCUT2D eigenvalue weighted by molar-refractivity contribution is 7.78. The summed E-state index contributed by atoms with van der Waals surface area (Å²) in [6.07, 6.45) is 3.41. The number of hydrogen-bond donors (Lipinski definition) is 3. The number of carbonyl (C=O) groups is 1. The van der Waals surface area contributed by atoms with Crippen molar-refractivity contribution in [1.29, 1.82) is 0 Å². The van der Waals surface area contributed by atoms with Gasteiger partial charge in [0.15, 0.2) is 0 Å². The average Bonchev–Trinajstić information content (AvgIpc) is 2.52. The van der Waals surface area contributed by atoms with Gasteiger partial charge in [-0.2, -0.15) is 0 Å². The third-order valence-electron chi connectivity index (χ3n) is 2.72. The highest BCUT2D eigenvalue weighted by Gasteiger charge is 2.25. The first-order valence-electron chi connectivity index (χ1n) is 5.03. The second-order valence-corrected chi connectivity index (χ2v) is 4.29. The molecule has 2 unspecified atom stereocenters. The highest BCUT2D eigenvalue weighted by Crippen LogP contribution is 2.24. The van der Waals surface area contributed by atoms with Gasteiger partial charge in [-0.25, -0.2) is 4.79 Å². The molecule has 1 aliphatic carbocycles. The first-order chi connectivity index (χ1) is 6.65. The van der Waals surface area contributed by atoms with Crippen molar-refractivity contribution in [1.82, 2.24) is 9.62 Å². The molecule has 0 aromatic carbocycles. The van der Waals surface area contributed by atoms with Crippen molar-refractivity contribution in [3.63, 3.8) is 0 Å². The minimum absolute atomic E-state index is 0.0584. The van der Waals surface area contributed by atoms with Crippen molar-refractivity contribution in [3.8, 4) is 0 Å². The van der Waals surface area contributed by atoms with Crippen LogP contribution in [0.15, 0.2) is 0 Å². The SMILES string of the molecule is CC1CCCC1NC(=O)N(S)CCO. The van der Waals surface area contributed by atoms with E-state index in [0.717, 1.165) is 6.42 Å². The Kier molecular flexibility index (Phi) is 4.54. The first-order valence-corrected chi connectivity index (χ1v) is 5.43. The molecule has 0 bridgehead atoms. The van der Waals surface area contributed by atoms with Crippen molar-refractivity contribution in [3.05, 3.63) is 0 Å². The van der Waals surface area contributed by atoms with E-state index >= 15 is 0 Å². The molecule has 0 aromatic heterocycles. The summed E-state index contributed by atoms with van der Waals surface area (Å²) in [6.45, 7) is 2.35. The molecule has 0 saturated heterocycles. The Hall–Kier alpha value is -0.420. The number of aliphatic hydroxyl groups excluding tert-OH is 1. The Labute approximate surface area is 90.2 Å². The maximum atomic E-state index is 11.5. The minimum atomic E-state index is -0.207. The number of carbonyl (C=O) groups excluding carboxylic acids is 1. The molecule has 0 radical (unpaired) electrons. The van der Waals surface area contributed by atoms with Gasteiger partial charge in [0.05, 0.1) is 13.2 Å².